The molecule has 0 aliphatic heterocycles. The maximum Gasteiger partial charge on any atom is 0.122 e. The van der Waals surface area contributed by atoms with Gasteiger partial charge in [0.25, 0.3) is 0 Å². The van der Waals surface area contributed by atoms with Crippen LogP contribution in [0.5, 0.6) is 5.75 Å². The maximum atomic E-state index is 6.23. The largest absolute Gasteiger partial charge is 0.496 e. The quantitative estimate of drug-likeness (QED) is 0.623. The van der Waals surface area contributed by atoms with E-state index in [1.54, 1.807) is 31.4 Å². The van der Waals surface area contributed by atoms with E-state index >= 15 is 0 Å². The van der Waals surface area contributed by atoms with Crippen LogP contribution in [0.15, 0.2) is 36.4 Å². The lowest BCUT2D eigenvalue weighted by atomic mass is 9.98. The van der Waals surface area contributed by atoms with Gasteiger partial charge in [-0.15, -0.1) is 0 Å². The van der Waals surface area contributed by atoms with E-state index in [0.717, 1.165) is 16.9 Å². The van der Waals surface area contributed by atoms with Crippen LogP contribution in [-0.2, 0) is 6.42 Å². The molecule has 0 aliphatic rings. The fraction of sp³-hybridized carbons (Fsp3) is 0.200. The van der Waals surface area contributed by atoms with Crippen molar-refractivity contribution >= 4 is 34.8 Å². The van der Waals surface area contributed by atoms with Crippen molar-refractivity contribution in [2.75, 3.05) is 7.11 Å². The molecular weight excluding hydrogens is 331 g/mol. The van der Waals surface area contributed by atoms with Crippen molar-refractivity contribution < 1.29 is 4.74 Å². The lowest BCUT2D eigenvalue weighted by molar-refractivity contribution is 0.405. The molecule has 0 bridgehead atoms. The summed E-state index contributed by atoms with van der Waals surface area (Å²) in [5, 5.41) is 1.84. The number of hydrogen-bond acceptors (Lipinski definition) is 3. The summed E-state index contributed by atoms with van der Waals surface area (Å²) in [6.07, 6.45) is 0.570. The molecule has 0 amide bonds. The van der Waals surface area contributed by atoms with Crippen molar-refractivity contribution in [1.29, 1.82) is 0 Å². The van der Waals surface area contributed by atoms with Crippen LogP contribution in [0.25, 0.3) is 0 Å². The lowest BCUT2D eigenvalue weighted by Gasteiger charge is -2.19. The first-order chi connectivity index (χ1) is 10.0. The van der Waals surface area contributed by atoms with Gasteiger partial charge in [0, 0.05) is 15.1 Å². The van der Waals surface area contributed by atoms with Crippen LogP contribution < -0.4 is 16.0 Å². The second-order valence-electron chi connectivity index (χ2n) is 4.55. The Morgan fingerprint density at radius 2 is 1.76 bits per heavy atom. The summed E-state index contributed by atoms with van der Waals surface area (Å²) in [7, 11) is 1.62. The van der Waals surface area contributed by atoms with E-state index in [-0.39, 0.29) is 6.04 Å². The van der Waals surface area contributed by atoms with Gasteiger partial charge in [0.15, 0.2) is 0 Å². The van der Waals surface area contributed by atoms with Gasteiger partial charge in [-0.05, 0) is 53.9 Å². The third-order valence-electron chi connectivity index (χ3n) is 3.20. The summed E-state index contributed by atoms with van der Waals surface area (Å²) in [5.41, 5.74) is 4.53. The topological polar surface area (TPSA) is 47.3 Å². The standard InChI is InChI=1S/C15H15Cl3N2O/c1-21-15-5-3-10(16)6-9(15)7-14(20-19)12-8-11(17)2-4-13(12)18/h2-6,8,14,20H,7,19H2,1H3. The second-order valence-corrected chi connectivity index (χ2v) is 5.83. The number of hydrazine groups is 1. The van der Waals surface area contributed by atoms with Crippen molar-refractivity contribution in [3.8, 4) is 5.75 Å². The monoisotopic (exact) mass is 344 g/mol. The summed E-state index contributed by atoms with van der Waals surface area (Å²) >= 11 is 18.3. The summed E-state index contributed by atoms with van der Waals surface area (Å²) < 4.78 is 5.35. The normalized spacial score (nSPS) is 12.2. The fourth-order valence-electron chi connectivity index (χ4n) is 2.17. The Morgan fingerprint density at radius 3 is 2.43 bits per heavy atom. The average Bonchev–Trinajstić information content (AvgIpc) is 2.47. The Labute approximate surface area is 138 Å². The van der Waals surface area contributed by atoms with Crippen LogP contribution in [0.3, 0.4) is 0 Å². The maximum absolute atomic E-state index is 6.23. The van der Waals surface area contributed by atoms with E-state index in [4.69, 9.17) is 45.4 Å². The van der Waals surface area contributed by atoms with Crippen LogP contribution >= 0.6 is 34.8 Å². The molecule has 2 rings (SSSR count). The molecule has 0 saturated carbocycles. The number of nitrogens with one attached hydrogen (secondary N) is 1. The number of nitrogens with two attached hydrogens (primary N) is 1. The molecule has 6 heteroatoms. The van der Waals surface area contributed by atoms with Crippen LogP contribution in [0.2, 0.25) is 15.1 Å². The molecule has 2 aromatic carbocycles. The molecule has 0 fully saturated rings. The molecule has 0 aromatic heterocycles. The zero-order valence-corrected chi connectivity index (χ0v) is 13.6. The third kappa shape index (κ3) is 4.02. The molecule has 2 aromatic rings. The first kappa shape index (κ1) is 16.4. The number of hydrogen-bond donors (Lipinski definition) is 2. The molecule has 3 N–H and O–H groups in total. The summed E-state index contributed by atoms with van der Waals surface area (Å²) in [5.74, 6) is 6.42. The van der Waals surface area contributed by atoms with Crippen molar-refractivity contribution in [2.45, 2.75) is 12.5 Å². The van der Waals surface area contributed by atoms with Gasteiger partial charge in [-0.1, -0.05) is 34.8 Å². The minimum Gasteiger partial charge on any atom is -0.496 e. The molecule has 112 valence electrons. The Hall–Kier alpha value is -0.970. The SMILES string of the molecule is COc1ccc(Cl)cc1CC(NN)c1cc(Cl)ccc1Cl. The minimum absolute atomic E-state index is 0.205. The Kier molecular flexibility index (Phi) is 5.73. The molecule has 0 spiro atoms. The van der Waals surface area contributed by atoms with E-state index < -0.39 is 0 Å². The Morgan fingerprint density at radius 1 is 1.10 bits per heavy atom. The molecule has 1 unspecified atom stereocenters. The Bertz CT molecular complexity index is 634. The second kappa shape index (κ2) is 7.34. The number of halogens is 3. The van der Waals surface area contributed by atoms with Gasteiger partial charge < -0.3 is 4.74 Å². The van der Waals surface area contributed by atoms with Crippen LogP contribution in [0.4, 0.5) is 0 Å². The van der Waals surface area contributed by atoms with Gasteiger partial charge in [-0.2, -0.15) is 0 Å². The fourth-order valence-corrected chi connectivity index (χ4v) is 2.79. The number of rotatable bonds is 5. The highest BCUT2D eigenvalue weighted by Gasteiger charge is 2.17. The van der Waals surface area contributed by atoms with Crippen LogP contribution in [0.1, 0.15) is 17.2 Å². The highest BCUT2D eigenvalue weighted by molar-refractivity contribution is 6.33. The Balaban J connectivity index is 2.35. The number of benzene rings is 2. The molecule has 1 atom stereocenters. The highest BCUT2D eigenvalue weighted by Crippen LogP contribution is 2.31. The molecule has 21 heavy (non-hydrogen) atoms. The predicted octanol–water partition coefficient (Wildman–Crippen LogP) is 4.40. The van der Waals surface area contributed by atoms with E-state index in [0.29, 0.717) is 21.5 Å². The molecular formula is C15H15Cl3N2O. The number of methoxy groups -OCH3 is 1. The summed E-state index contributed by atoms with van der Waals surface area (Å²) in [6, 6.07) is 10.5. The molecule has 0 aliphatic carbocycles. The van der Waals surface area contributed by atoms with E-state index in [9.17, 15) is 0 Å². The summed E-state index contributed by atoms with van der Waals surface area (Å²) in [6.45, 7) is 0. The zero-order valence-electron chi connectivity index (χ0n) is 11.4. The van der Waals surface area contributed by atoms with Crippen molar-refractivity contribution in [1.82, 2.24) is 5.43 Å². The first-order valence-corrected chi connectivity index (χ1v) is 7.42. The van der Waals surface area contributed by atoms with Gasteiger partial charge in [0.05, 0.1) is 13.2 Å². The smallest absolute Gasteiger partial charge is 0.122 e. The van der Waals surface area contributed by atoms with Crippen LogP contribution in [0, 0.1) is 0 Å². The molecule has 0 radical (unpaired) electrons. The van der Waals surface area contributed by atoms with Gasteiger partial charge in [-0.3, -0.25) is 11.3 Å². The average molecular weight is 346 g/mol. The van der Waals surface area contributed by atoms with Gasteiger partial charge in [0.2, 0.25) is 0 Å². The van der Waals surface area contributed by atoms with Gasteiger partial charge in [0.1, 0.15) is 5.75 Å². The highest BCUT2D eigenvalue weighted by atomic mass is 35.5. The zero-order chi connectivity index (χ0) is 15.4. The van der Waals surface area contributed by atoms with Gasteiger partial charge in [-0.25, -0.2) is 0 Å². The van der Waals surface area contributed by atoms with E-state index in [1.165, 1.54) is 0 Å². The van der Waals surface area contributed by atoms with Gasteiger partial charge >= 0.3 is 0 Å². The van der Waals surface area contributed by atoms with Crippen molar-refractivity contribution in [3.05, 3.63) is 62.6 Å². The molecule has 0 heterocycles. The van der Waals surface area contributed by atoms with E-state index in [1.807, 2.05) is 12.1 Å². The third-order valence-corrected chi connectivity index (χ3v) is 4.02. The van der Waals surface area contributed by atoms with E-state index in [2.05, 4.69) is 5.43 Å². The minimum atomic E-state index is -0.205. The number of ether oxygens (including phenoxy) is 1. The van der Waals surface area contributed by atoms with Crippen LogP contribution in [-0.4, -0.2) is 7.11 Å². The molecule has 0 saturated heterocycles. The summed E-state index contributed by atoms with van der Waals surface area (Å²) in [4.78, 5) is 0. The lowest BCUT2D eigenvalue weighted by Crippen LogP contribution is -2.30. The molecule has 3 nitrogen and oxygen atoms in total. The van der Waals surface area contributed by atoms with Crippen molar-refractivity contribution in [3.63, 3.8) is 0 Å². The predicted molar refractivity (Wildman–Crippen MR) is 88.2 cm³/mol. The van der Waals surface area contributed by atoms with Crippen molar-refractivity contribution in [2.24, 2.45) is 5.84 Å². The first-order valence-electron chi connectivity index (χ1n) is 6.28.